The first-order chi connectivity index (χ1) is 7.25. The van der Waals surface area contributed by atoms with Gasteiger partial charge < -0.3 is 11.1 Å². The minimum atomic E-state index is 0.720. The topological polar surface area (TPSA) is 38.0 Å². The van der Waals surface area contributed by atoms with E-state index in [1.54, 1.807) is 0 Å². The van der Waals surface area contributed by atoms with E-state index in [1.807, 2.05) is 18.2 Å². The summed E-state index contributed by atoms with van der Waals surface area (Å²) in [5.41, 5.74) is 7.99. The Kier molecular flexibility index (Phi) is 3.49. The lowest BCUT2D eigenvalue weighted by Crippen LogP contribution is -2.30. The van der Waals surface area contributed by atoms with Crippen molar-refractivity contribution < 1.29 is 0 Å². The van der Waals surface area contributed by atoms with Gasteiger partial charge in [0, 0.05) is 10.7 Å². The van der Waals surface area contributed by atoms with Crippen molar-refractivity contribution >= 4 is 17.3 Å². The van der Waals surface area contributed by atoms with Crippen molar-refractivity contribution in [1.82, 2.24) is 5.32 Å². The lowest BCUT2D eigenvalue weighted by molar-refractivity contribution is 0.376. The number of rotatable bonds is 2. The highest BCUT2D eigenvalue weighted by Gasteiger charge is 2.14. The van der Waals surface area contributed by atoms with Gasteiger partial charge in [0.2, 0.25) is 0 Å². The highest BCUT2D eigenvalue weighted by atomic mass is 35.5. The van der Waals surface area contributed by atoms with Gasteiger partial charge in [0.1, 0.15) is 0 Å². The predicted molar refractivity (Wildman–Crippen MR) is 65.2 cm³/mol. The lowest BCUT2D eigenvalue weighted by Gasteiger charge is -2.23. The van der Waals surface area contributed by atoms with E-state index in [0.29, 0.717) is 0 Å². The Hall–Kier alpha value is -0.730. The monoisotopic (exact) mass is 224 g/mol. The van der Waals surface area contributed by atoms with Crippen LogP contribution >= 0.6 is 11.6 Å². The maximum absolute atomic E-state index is 5.93. The van der Waals surface area contributed by atoms with Crippen LogP contribution in [-0.2, 0) is 6.42 Å². The largest absolute Gasteiger partial charge is 0.398 e. The van der Waals surface area contributed by atoms with E-state index in [-0.39, 0.29) is 0 Å². The summed E-state index contributed by atoms with van der Waals surface area (Å²) in [6.07, 6.45) is 3.64. The highest BCUT2D eigenvalue weighted by Crippen LogP contribution is 2.23. The summed E-state index contributed by atoms with van der Waals surface area (Å²) in [6.45, 7) is 2.27. The Labute approximate surface area is 95.8 Å². The van der Waals surface area contributed by atoms with Gasteiger partial charge in [-0.15, -0.1) is 0 Å². The maximum Gasteiger partial charge on any atom is 0.0426 e. The summed E-state index contributed by atoms with van der Waals surface area (Å²) in [6, 6.07) is 5.81. The molecule has 1 heterocycles. The lowest BCUT2D eigenvalue weighted by atomic mass is 9.92. The van der Waals surface area contributed by atoms with E-state index in [0.717, 1.165) is 36.1 Å². The zero-order valence-electron chi connectivity index (χ0n) is 8.80. The standard InChI is InChI=1S/C12H17ClN2/c13-11-4-3-10(12(14)7-11)6-9-2-1-5-15-8-9/h3-4,7,9,15H,1-2,5-6,8,14H2. The molecule has 1 fully saturated rings. The average molecular weight is 225 g/mol. The smallest absolute Gasteiger partial charge is 0.0426 e. The van der Waals surface area contributed by atoms with Gasteiger partial charge in [-0.3, -0.25) is 0 Å². The molecule has 2 nitrogen and oxygen atoms in total. The second kappa shape index (κ2) is 4.86. The number of nitrogens with one attached hydrogen (secondary N) is 1. The molecule has 0 bridgehead atoms. The SMILES string of the molecule is Nc1cc(Cl)ccc1CC1CCCNC1. The molecule has 1 aliphatic heterocycles. The summed E-state index contributed by atoms with van der Waals surface area (Å²) < 4.78 is 0. The van der Waals surface area contributed by atoms with Crippen LogP contribution in [0.1, 0.15) is 18.4 Å². The average Bonchev–Trinajstić information content (AvgIpc) is 2.24. The third kappa shape index (κ3) is 2.86. The number of nitrogen functional groups attached to an aromatic ring is 1. The van der Waals surface area contributed by atoms with Gasteiger partial charge in [-0.05, 0) is 56.0 Å². The number of hydrogen-bond acceptors (Lipinski definition) is 2. The number of anilines is 1. The molecule has 3 heteroatoms. The summed E-state index contributed by atoms with van der Waals surface area (Å²) >= 11 is 5.87. The van der Waals surface area contributed by atoms with Crippen LogP contribution in [0.5, 0.6) is 0 Å². The zero-order valence-corrected chi connectivity index (χ0v) is 9.56. The molecule has 0 saturated carbocycles. The first kappa shape index (κ1) is 10.8. The molecule has 1 aromatic rings. The van der Waals surface area contributed by atoms with Gasteiger partial charge >= 0.3 is 0 Å². The van der Waals surface area contributed by atoms with Crippen LogP contribution < -0.4 is 11.1 Å². The summed E-state index contributed by atoms with van der Waals surface area (Å²) in [5, 5.41) is 4.14. The molecule has 0 spiro atoms. The molecular weight excluding hydrogens is 208 g/mol. The fourth-order valence-electron chi connectivity index (χ4n) is 2.16. The van der Waals surface area contributed by atoms with Crippen molar-refractivity contribution in [1.29, 1.82) is 0 Å². The van der Waals surface area contributed by atoms with Crippen molar-refractivity contribution in [2.45, 2.75) is 19.3 Å². The number of piperidine rings is 1. The van der Waals surface area contributed by atoms with Crippen LogP contribution in [0.3, 0.4) is 0 Å². The van der Waals surface area contributed by atoms with Gasteiger partial charge in [0.25, 0.3) is 0 Å². The van der Waals surface area contributed by atoms with E-state index in [2.05, 4.69) is 5.32 Å². The number of nitrogens with two attached hydrogens (primary N) is 1. The van der Waals surface area contributed by atoms with Crippen LogP contribution in [0.25, 0.3) is 0 Å². The van der Waals surface area contributed by atoms with Crippen molar-refractivity contribution in [3.63, 3.8) is 0 Å². The molecule has 15 heavy (non-hydrogen) atoms. The second-order valence-corrected chi connectivity index (χ2v) is 4.70. The first-order valence-corrected chi connectivity index (χ1v) is 5.88. The molecule has 0 aromatic heterocycles. The number of benzene rings is 1. The molecule has 0 aliphatic carbocycles. The van der Waals surface area contributed by atoms with Crippen LogP contribution in [0.4, 0.5) is 5.69 Å². The zero-order chi connectivity index (χ0) is 10.7. The van der Waals surface area contributed by atoms with Crippen molar-refractivity contribution in [3.8, 4) is 0 Å². The Bertz CT molecular complexity index is 332. The Morgan fingerprint density at radius 1 is 1.47 bits per heavy atom. The van der Waals surface area contributed by atoms with E-state index in [1.165, 1.54) is 18.4 Å². The molecule has 1 saturated heterocycles. The fourth-order valence-corrected chi connectivity index (χ4v) is 2.34. The normalized spacial score (nSPS) is 21.5. The van der Waals surface area contributed by atoms with Gasteiger partial charge in [-0.25, -0.2) is 0 Å². The van der Waals surface area contributed by atoms with Crippen LogP contribution in [0.15, 0.2) is 18.2 Å². The van der Waals surface area contributed by atoms with E-state index < -0.39 is 0 Å². The van der Waals surface area contributed by atoms with Crippen molar-refractivity contribution in [3.05, 3.63) is 28.8 Å². The van der Waals surface area contributed by atoms with Crippen LogP contribution in [0.2, 0.25) is 5.02 Å². The molecule has 0 radical (unpaired) electrons. The molecule has 1 atom stereocenters. The van der Waals surface area contributed by atoms with Gasteiger partial charge in [0.15, 0.2) is 0 Å². The Morgan fingerprint density at radius 2 is 2.33 bits per heavy atom. The quantitative estimate of drug-likeness (QED) is 0.758. The van der Waals surface area contributed by atoms with Gasteiger partial charge in [-0.2, -0.15) is 0 Å². The van der Waals surface area contributed by atoms with Gasteiger partial charge in [0.05, 0.1) is 0 Å². The molecule has 3 N–H and O–H groups in total. The maximum atomic E-state index is 5.93. The molecule has 1 aliphatic rings. The minimum Gasteiger partial charge on any atom is -0.398 e. The first-order valence-electron chi connectivity index (χ1n) is 5.50. The highest BCUT2D eigenvalue weighted by molar-refractivity contribution is 6.30. The van der Waals surface area contributed by atoms with E-state index in [9.17, 15) is 0 Å². The van der Waals surface area contributed by atoms with E-state index in [4.69, 9.17) is 17.3 Å². The molecule has 2 rings (SSSR count). The summed E-state index contributed by atoms with van der Waals surface area (Å²) in [5.74, 6) is 0.724. The molecule has 82 valence electrons. The molecule has 1 unspecified atom stereocenters. The Morgan fingerprint density at radius 3 is 3.00 bits per heavy atom. The van der Waals surface area contributed by atoms with Crippen molar-refractivity contribution in [2.24, 2.45) is 5.92 Å². The van der Waals surface area contributed by atoms with Crippen LogP contribution in [-0.4, -0.2) is 13.1 Å². The molecule has 1 aromatic carbocycles. The minimum absolute atomic E-state index is 0.720. The summed E-state index contributed by atoms with van der Waals surface area (Å²) in [4.78, 5) is 0. The fraction of sp³-hybridized carbons (Fsp3) is 0.500. The van der Waals surface area contributed by atoms with Crippen LogP contribution in [0, 0.1) is 5.92 Å². The predicted octanol–water partition coefficient (Wildman–Crippen LogP) is 2.46. The third-order valence-electron chi connectivity index (χ3n) is 3.02. The number of halogens is 1. The summed E-state index contributed by atoms with van der Waals surface area (Å²) in [7, 11) is 0. The number of hydrogen-bond donors (Lipinski definition) is 2. The second-order valence-electron chi connectivity index (χ2n) is 4.26. The van der Waals surface area contributed by atoms with Crippen molar-refractivity contribution in [2.75, 3.05) is 18.8 Å². The Balaban J connectivity index is 2.03. The van der Waals surface area contributed by atoms with E-state index >= 15 is 0 Å². The molecular formula is C12H17ClN2. The van der Waals surface area contributed by atoms with Gasteiger partial charge in [-0.1, -0.05) is 17.7 Å². The molecule has 0 amide bonds. The third-order valence-corrected chi connectivity index (χ3v) is 3.25.